The van der Waals surface area contributed by atoms with E-state index in [2.05, 4.69) is 0 Å². The SMILES string of the molecule is NC(=O)C12CC3CC(c4ccccc4)(CC1/C3=C\C(F)(F)F)C2. The number of hydrogen-bond acceptors (Lipinski definition) is 1. The van der Waals surface area contributed by atoms with Crippen LogP contribution in [0.2, 0.25) is 0 Å². The Labute approximate surface area is 132 Å². The molecule has 4 aliphatic carbocycles. The number of primary amides is 1. The summed E-state index contributed by atoms with van der Waals surface area (Å²) in [5.74, 6) is -0.979. The van der Waals surface area contributed by atoms with Crippen molar-refractivity contribution < 1.29 is 18.0 Å². The van der Waals surface area contributed by atoms with Crippen LogP contribution in [-0.4, -0.2) is 12.1 Å². The number of allylic oxidation sites excluding steroid dienone is 2. The molecule has 1 aromatic carbocycles. The van der Waals surface area contributed by atoms with Gasteiger partial charge < -0.3 is 5.73 Å². The molecule has 0 heterocycles. The highest BCUT2D eigenvalue weighted by Crippen LogP contribution is 2.72. The zero-order chi connectivity index (χ0) is 16.5. The number of hydrogen-bond donors (Lipinski definition) is 1. The van der Waals surface area contributed by atoms with E-state index in [0.29, 0.717) is 37.3 Å². The van der Waals surface area contributed by atoms with Gasteiger partial charge in [-0.15, -0.1) is 0 Å². The summed E-state index contributed by atoms with van der Waals surface area (Å²) in [4.78, 5) is 12.2. The minimum absolute atomic E-state index is 0.183. The Morgan fingerprint density at radius 1 is 1.17 bits per heavy atom. The van der Waals surface area contributed by atoms with E-state index in [4.69, 9.17) is 5.73 Å². The molecule has 2 N–H and O–H groups in total. The van der Waals surface area contributed by atoms with E-state index < -0.39 is 17.5 Å². The third-order valence-electron chi connectivity index (χ3n) is 6.24. The highest BCUT2D eigenvalue weighted by molar-refractivity contribution is 5.84. The number of amides is 1. The van der Waals surface area contributed by atoms with Crippen LogP contribution in [0.3, 0.4) is 0 Å². The second-order valence-corrected chi connectivity index (χ2v) is 7.39. The third-order valence-corrected chi connectivity index (χ3v) is 6.24. The Balaban J connectivity index is 1.81. The topological polar surface area (TPSA) is 43.1 Å². The summed E-state index contributed by atoms with van der Waals surface area (Å²) >= 11 is 0. The second kappa shape index (κ2) is 4.40. The molecule has 1 amide bonds. The molecule has 5 heteroatoms. The number of alkyl halides is 3. The van der Waals surface area contributed by atoms with E-state index >= 15 is 0 Å². The normalized spacial score (nSPS) is 40.0. The van der Waals surface area contributed by atoms with Gasteiger partial charge in [-0.3, -0.25) is 4.79 Å². The molecule has 4 atom stereocenters. The Kier molecular flexibility index (Phi) is 2.83. The predicted molar refractivity (Wildman–Crippen MR) is 79.3 cm³/mol. The summed E-state index contributed by atoms with van der Waals surface area (Å²) in [6.07, 6.45) is -1.56. The van der Waals surface area contributed by atoms with E-state index in [0.717, 1.165) is 5.56 Å². The lowest BCUT2D eigenvalue weighted by molar-refractivity contribution is -0.129. The van der Waals surface area contributed by atoms with Gasteiger partial charge in [0.15, 0.2) is 0 Å². The highest BCUT2D eigenvalue weighted by Gasteiger charge is 2.69. The Morgan fingerprint density at radius 3 is 2.48 bits per heavy atom. The van der Waals surface area contributed by atoms with Gasteiger partial charge in [0.2, 0.25) is 5.91 Å². The highest BCUT2D eigenvalue weighted by atomic mass is 19.4. The van der Waals surface area contributed by atoms with Crippen molar-refractivity contribution in [2.45, 2.75) is 37.3 Å². The summed E-state index contributed by atoms with van der Waals surface area (Å²) in [5.41, 5.74) is 6.21. The molecule has 0 spiro atoms. The van der Waals surface area contributed by atoms with Crippen molar-refractivity contribution in [3.05, 3.63) is 47.5 Å². The fourth-order valence-corrected chi connectivity index (χ4v) is 5.59. The summed E-state index contributed by atoms with van der Waals surface area (Å²) in [6.45, 7) is 0. The van der Waals surface area contributed by atoms with Crippen LogP contribution in [0.15, 0.2) is 42.0 Å². The van der Waals surface area contributed by atoms with Gasteiger partial charge in [0.05, 0.1) is 5.41 Å². The number of carbonyl (C=O) groups excluding carboxylic acids is 1. The Morgan fingerprint density at radius 2 is 1.87 bits per heavy atom. The number of halogens is 3. The van der Waals surface area contributed by atoms with Crippen molar-refractivity contribution in [2.75, 3.05) is 0 Å². The lowest BCUT2D eigenvalue weighted by atomic mass is 9.63. The lowest BCUT2D eigenvalue weighted by Crippen LogP contribution is -2.41. The van der Waals surface area contributed by atoms with Gasteiger partial charge >= 0.3 is 6.18 Å². The molecular formula is C18H18F3NO. The number of carbonyl (C=O) groups is 1. The van der Waals surface area contributed by atoms with E-state index in [1.807, 2.05) is 30.3 Å². The molecule has 4 saturated carbocycles. The summed E-state index contributed by atoms with van der Waals surface area (Å²) in [5, 5.41) is 0. The van der Waals surface area contributed by atoms with E-state index in [-0.39, 0.29) is 17.3 Å². The number of benzene rings is 1. The monoisotopic (exact) mass is 321 g/mol. The summed E-state index contributed by atoms with van der Waals surface area (Å²) in [7, 11) is 0. The summed E-state index contributed by atoms with van der Waals surface area (Å²) in [6, 6.07) is 9.86. The molecule has 4 aliphatic rings. The summed E-state index contributed by atoms with van der Waals surface area (Å²) < 4.78 is 38.7. The standard InChI is InChI=1S/C18H18F3NO/c19-18(20,21)8-13-11-6-16(12-4-2-1-3-5-12)9-14(13)17(7-11,10-16)15(22)23/h1-5,8,11,14H,6-7,9-10H2,(H2,22,23)/b13-8-. The zero-order valence-corrected chi connectivity index (χ0v) is 12.6. The largest absolute Gasteiger partial charge is 0.409 e. The van der Waals surface area contributed by atoms with Crippen LogP contribution in [0.5, 0.6) is 0 Å². The lowest BCUT2D eigenvalue weighted by Gasteiger charge is -2.41. The van der Waals surface area contributed by atoms with Gasteiger partial charge in [0, 0.05) is 6.08 Å². The third kappa shape index (κ3) is 1.98. The van der Waals surface area contributed by atoms with Crippen LogP contribution in [-0.2, 0) is 10.2 Å². The molecule has 122 valence electrons. The fourth-order valence-electron chi connectivity index (χ4n) is 5.59. The number of rotatable bonds is 2. The van der Waals surface area contributed by atoms with Gasteiger partial charge in [-0.05, 0) is 48.5 Å². The van der Waals surface area contributed by atoms with Crippen molar-refractivity contribution in [2.24, 2.45) is 23.0 Å². The van der Waals surface area contributed by atoms with Crippen LogP contribution in [0.1, 0.15) is 31.2 Å². The van der Waals surface area contributed by atoms with Crippen LogP contribution in [0, 0.1) is 17.3 Å². The second-order valence-electron chi connectivity index (χ2n) is 7.39. The molecule has 0 radical (unpaired) electrons. The molecule has 5 rings (SSSR count). The first kappa shape index (κ1) is 14.8. The van der Waals surface area contributed by atoms with Crippen LogP contribution in [0.4, 0.5) is 13.2 Å². The van der Waals surface area contributed by atoms with Gasteiger partial charge in [-0.1, -0.05) is 35.9 Å². The maximum absolute atomic E-state index is 12.9. The average molecular weight is 321 g/mol. The van der Waals surface area contributed by atoms with Crippen molar-refractivity contribution in [3.63, 3.8) is 0 Å². The van der Waals surface area contributed by atoms with Gasteiger partial charge in [0.1, 0.15) is 0 Å². The minimum atomic E-state index is -4.34. The molecule has 4 bridgehead atoms. The maximum atomic E-state index is 12.9. The Bertz CT molecular complexity index is 696. The maximum Gasteiger partial charge on any atom is 0.409 e. The van der Waals surface area contributed by atoms with Crippen molar-refractivity contribution in [1.82, 2.24) is 0 Å². The van der Waals surface area contributed by atoms with Crippen molar-refractivity contribution in [3.8, 4) is 0 Å². The van der Waals surface area contributed by atoms with E-state index in [1.54, 1.807) is 0 Å². The van der Waals surface area contributed by atoms with Gasteiger partial charge in [0.25, 0.3) is 0 Å². The quantitative estimate of drug-likeness (QED) is 0.829. The number of nitrogens with two attached hydrogens (primary N) is 1. The first-order chi connectivity index (χ1) is 10.8. The minimum Gasteiger partial charge on any atom is -0.369 e. The van der Waals surface area contributed by atoms with E-state index in [9.17, 15) is 18.0 Å². The Hall–Kier alpha value is -1.78. The molecule has 4 unspecified atom stereocenters. The zero-order valence-electron chi connectivity index (χ0n) is 12.6. The van der Waals surface area contributed by atoms with Gasteiger partial charge in [-0.25, -0.2) is 0 Å². The van der Waals surface area contributed by atoms with Crippen LogP contribution >= 0.6 is 0 Å². The van der Waals surface area contributed by atoms with Gasteiger partial charge in [-0.2, -0.15) is 13.2 Å². The average Bonchev–Trinajstić information content (AvgIpc) is 2.85. The fraction of sp³-hybridized carbons (Fsp3) is 0.500. The van der Waals surface area contributed by atoms with Crippen molar-refractivity contribution >= 4 is 5.91 Å². The molecule has 23 heavy (non-hydrogen) atoms. The first-order valence-electron chi connectivity index (χ1n) is 7.91. The molecular weight excluding hydrogens is 303 g/mol. The van der Waals surface area contributed by atoms with Crippen LogP contribution < -0.4 is 5.73 Å². The molecule has 0 saturated heterocycles. The predicted octanol–water partition coefficient (Wildman–Crippen LogP) is 3.72. The smallest absolute Gasteiger partial charge is 0.369 e. The molecule has 0 aromatic heterocycles. The molecule has 0 aliphatic heterocycles. The molecule has 4 fully saturated rings. The first-order valence-corrected chi connectivity index (χ1v) is 7.91. The van der Waals surface area contributed by atoms with Crippen LogP contribution in [0.25, 0.3) is 0 Å². The molecule has 2 nitrogen and oxygen atoms in total. The molecule has 1 aromatic rings. The van der Waals surface area contributed by atoms with E-state index in [1.165, 1.54) is 0 Å². The van der Waals surface area contributed by atoms with Crippen molar-refractivity contribution in [1.29, 1.82) is 0 Å².